The molecule has 0 aromatic heterocycles. The van der Waals surface area contributed by atoms with Gasteiger partial charge in [-0.05, 0) is 38.7 Å². The highest BCUT2D eigenvalue weighted by Gasteiger charge is 2.04. The van der Waals surface area contributed by atoms with E-state index in [2.05, 4.69) is 19.2 Å². The van der Waals surface area contributed by atoms with Crippen LogP contribution >= 0.6 is 0 Å². The third-order valence-corrected chi connectivity index (χ3v) is 1.88. The number of carbonyl (C=O) groups excluding carboxylic acids is 1. The normalized spacial score (nSPS) is 13.6. The van der Waals surface area contributed by atoms with Gasteiger partial charge >= 0.3 is 0 Å². The van der Waals surface area contributed by atoms with Gasteiger partial charge in [-0.3, -0.25) is 4.79 Å². The number of allylic oxidation sites excluding steroid dienone is 1. The van der Waals surface area contributed by atoms with E-state index >= 15 is 0 Å². The average Bonchev–Trinajstić information content (AvgIpc) is 2.01. The third-order valence-electron chi connectivity index (χ3n) is 1.88. The number of nitrogens with one attached hydrogen (secondary N) is 1. The van der Waals surface area contributed by atoms with Crippen LogP contribution in [-0.4, -0.2) is 11.9 Å². The minimum absolute atomic E-state index is 0.0127. The van der Waals surface area contributed by atoms with Crippen molar-refractivity contribution in [2.75, 3.05) is 0 Å². The molecule has 0 saturated heterocycles. The Kier molecular flexibility index (Phi) is 6.29. The molecule has 0 fully saturated rings. The lowest BCUT2D eigenvalue weighted by Gasteiger charge is -2.13. The minimum Gasteiger partial charge on any atom is -0.350 e. The Hall–Kier alpha value is -0.790. The summed E-state index contributed by atoms with van der Waals surface area (Å²) in [4.78, 5) is 11.1. The summed E-state index contributed by atoms with van der Waals surface area (Å²) in [7, 11) is 0. The maximum Gasteiger partial charge on any atom is 0.243 e. The van der Waals surface area contributed by atoms with Gasteiger partial charge in [-0.1, -0.05) is 19.9 Å². The molecule has 2 heteroatoms. The molecule has 0 rings (SSSR count). The van der Waals surface area contributed by atoms with Gasteiger partial charge in [0.1, 0.15) is 0 Å². The van der Waals surface area contributed by atoms with Gasteiger partial charge in [-0.15, -0.1) is 0 Å². The van der Waals surface area contributed by atoms with Crippen LogP contribution in [0.1, 0.15) is 40.5 Å². The van der Waals surface area contributed by atoms with E-state index in [0.717, 1.165) is 12.8 Å². The molecule has 0 radical (unpaired) electrons. The highest BCUT2D eigenvalue weighted by atomic mass is 16.1. The highest BCUT2D eigenvalue weighted by Crippen LogP contribution is 2.06. The Morgan fingerprint density at radius 3 is 2.38 bits per heavy atom. The third kappa shape index (κ3) is 7.57. The van der Waals surface area contributed by atoms with Crippen molar-refractivity contribution >= 4 is 5.91 Å². The molecule has 1 amide bonds. The molecule has 2 nitrogen and oxygen atoms in total. The predicted molar refractivity (Wildman–Crippen MR) is 56.5 cm³/mol. The molecule has 1 unspecified atom stereocenters. The molecule has 0 heterocycles. The maximum atomic E-state index is 11.1. The highest BCUT2D eigenvalue weighted by molar-refractivity contribution is 5.87. The molecular weight excluding hydrogens is 162 g/mol. The number of carbonyl (C=O) groups is 1. The van der Waals surface area contributed by atoms with E-state index in [-0.39, 0.29) is 11.9 Å². The Morgan fingerprint density at radius 1 is 1.31 bits per heavy atom. The summed E-state index contributed by atoms with van der Waals surface area (Å²) in [6.07, 6.45) is 5.54. The molecular formula is C11H21NO. The van der Waals surface area contributed by atoms with Crippen LogP contribution in [0.2, 0.25) is 0 Å². The maximum absolute atomic E-state index is 11.1. The number of hydrogen-bond donors (Lipinski definition) is 1. The van der Waals surface area contributed by atoms with Gasteiger partial charge in [0.05, 0.1) is 0 Å². The van der Waals surface area contributed by atoms with Gasteiger partial charge in [-0.25, -0.2) is 0 Å². The van der Waals surface area contributed by atoms with Crippen LogP contribution in [0.4, 0.5) is 0 Å². The van der Waals surface area contributed by atoms with E-state index < -0.39 is 0 Å². The van der Waals surface area contributed by atoms with Gasteiger partial charge < -0.3 is 5.32 Å². The molecule has 0 aromatic rings. The van der Waals surface area contributed by atoms with Crippen molar-refractivity contribution < 1.29 is 4.79 Å². The average molecular weight is 183 g/mol. The Bertz CT molecular complexity index is 173. The molecule has 0 aromatic carbocycles. The summed E-state index contributed by atoms with van der Waals surface area (Å²) < 4.78 is 0. The molecule has 76 valence electrons. The van der Waals surface area contributed by atoms with Crippen LogP contribution < -0.4 is 5.32 Å². The van der Waals surface area contributed by atoms with Gasteiger partial charge in [0.25, 0.3) is 0 Å². The zero-order valence-corrected chi connectivity index (χ0v) is 9.13. The van der Waals surface area contributed by atoms with E-state index in [1.165, 1.54) is 0 Å². The fourth-order valence-electron chi connectivity index (χ4n) is 1.10. The quantitative estimate of drug-likeness (QED) is 0.652. The first-order chi connectivity index (χ1) is 6.06. The second-order valence-electron chi connectivity index (χ2n) is 3.88. The number of amides is 1. The van der Waals surface area contributed by atoms with Crippen molar-refractivity contribution in [1.29, 1.82) is 0 Å². The molecule has 0 aliphatic heterocycles. The summed E-state index contributed by atoms with van der Waals surface area (Å²) in [5.74, 6) is 0.722. The van der Waals surface area contributed by atoms with Gasteiger partial charge in [-0.2, -0.15) is 0 Å². The summed E-state index contributed by atoms with van der Waals surface area (Å²) in [6.45, 7) is 8.28. The summed E-state index contributed by atoms with van der Waals surface area (Å²) >= 11 is 0. The van der Waals surface area contributed by atoms with Crippen LogP contribution in [0.15, 0.2) is 12.2 Å². The molecule has 13 heavy (non-hydrogen) atoms. The summed E-state index contributed by atoms with van der Waals surface area (Å²) in [6, 6.07) is 0.283. The van der Waals surface area contributed by atoms with Crippen molar-refractivity contribution in [3.8, 4) is 0 Å². The Morgan fingerprint density at radius 2 is 1.92 bits per heavy atom. The van der Waals surface area contributed by atoms with Crippen LogP contribution in [0.5, 0.6) is 0 Å². The van der Waals surface area contributed by atoms with Gasteiger partial charge in [0.2, 0.25) is 5.91 Å². The lowest BCUT2D eigenvalue weighted by Crippen LogP contribution is -2.31. The lowest BCUT2D eigenvalue weighted by molar-refractivity contribution is -0.117. The zero-order valence-electron chi connectivity index (χ0n) is 9.13. The second-order valence-corrected chi connectivity index (χ2v) is 3.88. The van der Waals surface area contributed by atoms with Crippen molar-refractivity contribution in [2.24, 2.45) is 5.92 Å². The van der Waals surface area contributed by atoms with Crippen LogP contribution in [0.3, 0.4) is 0 Å². The van der Waals surface area contributed by atoms with Gasteiger partial charge in [0.15, 0.2) is 0 Å². The lowest BCUT2D eigenvalue weighted by atomic mass is 10.0. The topological polar surface area (TPSA) is 29.1 Å². The van der Waals surface area contributed by atoms with E-state index in [4.69, 9.17) is 0 Å². The van der Waals surface area contributed by atoms with E-state index in [9.17, 15) is 4.79 Å². The fourth-order valence-corrected chi connectivity index (χ4v) is 1.10. The first-order valence-electron chi connectivity index (χ1n) is 4.99. The van der Waals surface area contributed by atoms with Gasteiger partial charge in [0, 0.05) is 6.04 Å². The van der Waals surface area contributed by atoms with Crippen molar-refractivity contribution in [2.45, 2.75) is 46.6 Å². The van der Waals surface area contributed by atoms with Crippen molar-refractivity contribution in [1.82, 2.24) is 5.32 Å². The zero-order chi connectivity index (χ0) is 10.3. The van der Waals surface area contributed by atoms with Crippen molar-refractivity contribution in [3.05, 3.63) is 12.2 Å². The number of hydrogen-bond acceptors (Lipinski definition) is 1. The predicted octanol–water partition coefficient (Wildman–Crippen LogP) is 2.50. The molecule has 1 atom stereocenters. The molecule has 1 N–H and O–H groups in total. The summed E-state index contributed by atoms with van der Waals surface area (Å²) in [5, 5.41) is 2.91. The van der Waals surface area contributed by atoms with E-state index in [0.29, 0.717) is 5.92 Å². The van der Waals surface area contributed by atoms with Crippen LogP contribution in [0, 0.1) is 5.92 Å². The summed E-state index contributed by atoms with van der Waals surface area (Å²) in [5.41, 5.74) is 0. The van der Waals surface area contributed by atoms with E-state index in [1.807, 2.05) is 13.8 Å². The van der Waals surface area contributed by atoms with Crippen LogP contribution in [0.25, 0.3) is 0 Å². The molecule has 0 spiro atoms. The SMILES string of the molecule is CC=CC(=O)NC(C)CCC(C)C. The Balaban J connectivity index is 3.61. The smallest absolute Gasteiger partial charge is 0.243 e. The second kappa shape index (κ2) is 6.70. The first kappa shape index (κ1) is 12.2. The monoisotopic (exact) mass is 183 g/mol. The fraction of sp³-hybridized carbons (Fsp3) is 0.727. The van der Waals surface area contributed by atoms with E-state index in [1.54, 1.807) is 12.2 Å². The first-order valence-corrected chi connectivity index (χ1v) is 4.99. The standard InChI is InChI=1S/C11H21NO/c1-5-6-11(13)12-10(4)8-7-9(2)3/h5-6,9-10H,7-8H2,1-4H3,(H,12,13). The Labute approximate surface area is 81.4 Å². The molecule has 0 saturated carbocycles. The van der Waals surface area contributed by atoms with Crippen molar-refractivity contribution in [3.63, 3.8) is 0 Å². The molecule has 0 aliphatic rings. The molecule has 0 aliphatic carbocycles. The largest absolute Gasteiger partial charge is 0.350 e. The van der Waals surface area contributed by atoms with Crippen LogP contribution in [-0.2, 0) is 4.79 Å². The molecule has 0 bridgehead atoms. The minimum atomic E-state index is 0.0127. The number of rotatable bonds is 5.